The van der Waals surface area contributed by atoms with Gasteiger partial charge in [0.1, 0.15) is 0 Å². The number of para-hydroxylation sites is 1. The molecular formula is C21H24N2O2. The Morgan fingerprint density at radius 2 is 1.84 bits per heavy atom. The van der Waals surface area contributed by atoms with E-state index in [2.05, 4.69) is 22.4 Å². The first kappa shape index (κ1) is 17.2. The Labute approximate surface area is 147 Å². The number of aromatic nitrogens is 1. The zero-order valence-corrected chi connectivity index (χ0v) is 14.5. The lowest BCUT2D eigenvalue weighted by molar-refractivity contribution is -0.125. The van der Waals surface area contributed by atoms with Gasteiger partial charge in [-0.25, -0.2) is 0 Å². The quantitative estimate of drug-likeness (QED) is 0.578. The number of aromatic amines is 1. The fraction of sp³-hybridized carbons (Fsp3) is 0.286. The molecule has 130 valence electrons. The molecule has 1 heterocycles. The molecule has 1 unspecified atom stereocenters. The average molecular weight is 336 g/mol. The van der Waals surface area contributed by atoms with Crippen molar-refractivity contribution in [2.45, 2.75) is 31.8 Å². The van der Waals surface area contributed by atoms with Crippen LogP contribution in [0.25, 0.3) is 10.9 Å². The maximum atomic E-state index is 12.1. The second-order valence-electron chi connectivity index (χ2n) is 6.63. The second kappa shape index (κ2) is 7.53. The molecule has 0 fully saturated rings. The van der Waals surface area contributed by atoms with Gasteiger partial charge in [0.25, 0.3) is 0 Å². The molecule has 0 aliphatic carbocycles. The molecule has 0 aliphatic rings. The van der Waals surface area contributed by atoms with Crippen LogP contribution in [-0.2, 0) is 16.8 Å². The van der Waals surface area contributed by atoms with Crippen LogP contribution in [0.3, 0.4) is 0 Å². The lowest BCUT2D eigenvalue weighted by atomic mass is 9.92. The zero-order valence-electron chi connectivity index (χ0n) is 14.5. The Balaban J connectivity index is 1.47. The Bertz CT molecular complexity index is 837. The van der Waals surface area contributed by atoms with Crippen molar-refractivity contribution in [3.8, 4) is 0 Å². The number of nitrogens with one attached hydrogen (secondary N) is 2. The van der Waals surface area contributed by atoms with Crippen molar-refractivity contribution >= 4 is 16.8 Å². The van der Waals surface area contributed by atoms with Gasteiger partial charge in [-0.1, -0.05) is 48.5 Å². The number of rotatable bonds is 7. The Hall–Kier alpha value is -2.59. The van der Waals surface area contributed by atoms with Crippen molar-refractivity contribution in [2.75, 3.05) is 6.54 Å². The van der Waals surface area contributed by atoms with E-state index in [0.717, 1.165) is 23.9 Å². The van der Waals surface area contributed by atoms with E-state index in [1.807, 2.05) is 48.7 Å². The summed E-state index contributed by atoms with van der Waals surface area (Å²) < 4.78 is 0. The molecule has 0 spiro atoms. The van der Waals surface area contributed by atoms with Crippen molar-refractivity contribution in [2.24, 2.45) is 0 Å². The molecule has 0 saturated carbocycles. The number of carbonyl (C=O) groups is 1. The molecule has 1 atom stereocenters. The highest BCUT2D eigenvalue weighted by Crippen LogP contribution is 2.24. The van der Waals surface area contributed by atoms with Crippen LogP contribution in [0.5, 0.6) is 0 Å². The van der Waals surface area contributed by atoms with E-state index in [1.54, 1.807) is 6.92 Å². The smallest absolute Gasteiger partial charge is 0.223 e. The summed E-state index contributed by atoms with van der Waals surface area (Å²) in [7, 11) is 0. The van der Waals surface area contributed by atoms with Crippen LogP contribution in [0.4, 0.5) is 0 Å². The first-order chi connectivity index (χ1) is 12.1. The van der Waals surface area contributed by atoms with Crippen LogP contribution in [0.15, 0.2) is 60.8 Å². The van der Waals surface area contributed by atoms with E-state index in [1.165, 1.54) is 10.9 Å². The van der Waals surface area contributed by atoms with E-state index >= 15 is 0 Å². The number of benzene rings is 2. The Morgan fingerprint density at radius 3 is 2.64 bits per heavy atom. The van der Waals surface area contributed by atoms with Crippen molar-refractivity contribution < 1.29 is 9.90 Å². The lowest BCUT2D eigenvalue weighted by Crippen LogP contribution is -2.33. The van der Waals surface area contributed by atoms with Crippen molar-refractivity contribution in [1.29, 1.82) is 0 Å². The number of H-pyrrole nitrogens is 1. The number of hydrogen-bond acceptors (Lipinski definition) is 2. The van der Waals surface area contributed by atoms with Gasteiger partial charge in [-0.3, -0.25) is 4.79 Å². The molecule has 25 heavy (non-hydrogen) atoms. The van der Waals surface area contributed by atoms with Crippen LogP contribution in [0.2, 0.25) is 0 Å². The van der Waals surface area contributed by atoms with Gasteiger partial charge in [-0.05, 0) is 37.0 Å². The van der Waals surface area contributed by atoms with E-state index in [4.69, 9.17) is 0 Å². The minimum absolute atomic E-state index is 0.0596. The second-order valence-corrected chi connectivity index (χ2v) is 6.63. The van der Waals surface area contributed by atoms with E-state index in [0.29, 0.717) is 6.54 Å². The minimum atomic E-state index is -1.15. The first-order valence-electron chi connectivity index (χ1n) is 8.66. The maximum Gasteiger partial charge on any atom is 0.223 e. The van der Waals surface area contributed by atoms with Crippen LogP contribution < -0.4 is 5.32 Å². The maximum absolute atomic E-state index is 12.1. The van der Waals surface area contributed by atoms with Gasteiger partial charge in [0.05, 0.1) is 12.0 Å². The van der Waals surface area contributed by atoms with E-state index < -0.39 is 5.60 Å². The summed E-state index contributed by atoms with van der Waals surface area (Å²) in [6.45, 7) is 2.27. The number of aliphatic hydroxyl groups is 1. The average Bonchev–Trinajstić information content (AvgIpc) is 3.02. The third-order valence-electron chi connectivity index (χ3n) is 4.52. The highest BCUT2D eigenvalue weighted by atomic mass is 16.3. The normalized spacial score (nSPS) is 13.5. The summed E-state index contributed by atoms with van der Waals surface area (Å²) >= 11 is 0. The molecule has 4 nitrogen and oxygen atoms in total. The monoisotopic (exact) mass is 336 g/mol. The standard InChI is InChI=1S/C21H24N2O2/c1-21(25,17-9-3-2-4-10-17)14-20(24)22-13-7-8-16-15-23-19-12-6-5-11-18(16)19/h2-6,9-12,15,23,25H,7-8,13-14H2,1H3,(H,22,24). The minimum Gasteiger partial charge on any atom is -0.385 e. The highest BCUT2D eigenvalue weighted by Gasteiger charge is 2.26. The van der Waals surface area contributed by atoms with Crippen LogP contribution in [0, 0.1) is 0 Å². The predicted octanol–water partition coefficient (Wildman–Crippen LogP) is 3.51. The largest absolute Gasteiger partial charge is 0.385 e. The molecular weight excluding hydrogens is 312 g/mol. The van der Waals surface area contributed by atoms with Gasteiger partial charge in [-0.15, -0.1) is 0 Å². The summed E-state index contributed by atoms with van der Waals surface area (Å²) in [6.07, 6.45) is 3.86. The van der Waals surface area contributed by atoms with Crippen LogP contribution in [0.1, 0.15) is 30.9 Å². The lowest BCUT2D eigenvalue weighted by Gasteiger charge is -2.23. The van der Waals surface area contributed by atoms with Crippen molar-refractivity contribution in [1.82, 2.24) is 10.3 Å². The number of fused-ring (bicyclic) bond motifs is 1. The molecule has 3 N–H and O–H groups in total. The Morgan fingerprint density at radius 1 is 1.12 bits per heavy atom. The molecule has 2 aromatic carbocycles. The third kappa shape index (κ3) is 4.28. The zero-order chi connectivity index (χ0) is 17.7. The van der Waals surface area contributed by atoms with Gasteiger partial charge < -0.3 is 15.4 Å². The van der Waals surface area contributed by atoms with E-state index in [-0.39, 0.29) is 12.3 Å². The third-order valence-corrected chi connectivity index (χ3v) is 4.52. The molecule has 1 aromatic heterocycles. The van der Waals surface area contributed by atoms with Gasteiger partial charge in [0, 0.05) is 23.6 Å². The summed E-state index contributed by atoms with van der Waals surface area (Å²) in [5, 5.41) is 14.7. The molecule has 3 aromatic rings. The molecule has 1 amide bonds. The summed E-state index contributed by atoms with van der Waals surface area (Å²) in [6, 6.07) is 17.5. The molecule has 0 aliphatic heterocycles. The topological polar surface area (TPSA) is 65.1 Å². The Kier molecular flexibility index (Phi) is 5.19. The van der Waals surface area contributed by atoms with Crippen molar-refractivity contribution in [3.63, 3.8) is 0 Å². The van der Waals surface area contributed by atoms with Crippen LogP contribution in [-0.4, -0.2) is 22.5 Å². The van der Waals surface area contributed by atoms with Gasteiger partial charge >= 0.3 is 0 Å². The molecule has 0 radical (unpaired) electrons. The predicted molar refractivity (Wildman–Crippen MR) is 100 cm³/mol. The highest BCUT2D eigenvalue weighted by molar-refractivity contribution is 5.83. The van der Waals surface area contributed by atoms with Gasteiger partial charge in [0.15, 0.2) is 0 Å². The molecule has 0 bridgehead atoms. The number of amides is 1. The fourth-order valence-corrected chi connectivity index (χ4v) is 3.12. The number of carbonyl (C=O) groups excluding carboxylic acids is 1. The SMILES string of the molecule is CC(O)(CC(=O)NCCCc1c[nH]c2ccccc12)c1ccccc1. The van der Waals surface area contributed by atoms with Gasteiger partial charge in [0.2, 0.25) is 5.91 Å². The molecule has 4 heteroatoms. The van der Waals surface area contributed by atoms with Crippen LogP contribution >= 0.6 is 0 Å². The summed E-state index contributed by atoms with van der Waals surface area (Å²) in [5.41, 5.74) is 2.01. The fourth-order valence-electron chi connectivity index (χ4n) is 3.12. The number of aryl methyl sites for hydroxylation is 1. The van der Waals surface area contributed by atoms with E-state index in [9.17, 15) is 9.90 Å². The first-order valence-corrected chi connectivity index (χ1v) is 8.66. The summed E-state index contributed by atoms with van der Waals surface area (Å²) in [5.74, 6) is -0.132. The molecule has 0 saturated heterocycles. The van der Waals surface area contributed by atoms with Gasteiger partial charge in [-0.2, -0.15) is 0 Å². The number of hydrogen-bond donors (Lipinski definition) is 3. The summed E-state index contributed by atoms with van der Waals surface area (Å²) in [4.78, 5) is 15.4. The van der Waals surface area contributed by atoms with Crippen molar-refractivity contribution in [3.05, 3.63) is 71.9 Å². The molecule has 3 rings (SSSR count).